The number of fused-ring (bicyclic) bond motifs is 1. The van der Waals surface area contributed by atoms with E-state index in [1.54, 1.807) is 0 Å². The zero-order chi connectivity index (χ0) is 24.0. The monoisotopic (exact) mass is 468 g/mol. The summed E-state index contributed by atoms with van der Waals surface area (Å²) in [6.07, 6.45) is -2.74. The van der Waals surface area contributed by atoms with Gasteiger partial charge in [0.15, 0.2) is 5.69 Å². The number of imidazole rings is 1. The maximum atomic E-state index is 14.2. The number of aromatic nitrogens is 2. The third-order valence-corrected chi connectivity index (χ3v) is 7.15. The number of halogens is 3. The van der Waals surface area contributed by atoms with E-state index >= 15 is 0 Å². The van der Waals surface area contributed by atoms with Gasteiger partial charge in [0.2, 0.25) is 5.95 Å². The fourth-order valence-electron chi connectivity index (χ4n) is 5.78. The Bertz CT molecular complexity index is 1160. The quantitative estimate of drug-likeness (QED) is 0.445. The molecular formula is C27H31F3N4. The van der Waals surface area contributed by atoms with E-state index in [1.807, 2.05) is 48.4 Å². The van der Waals surface area contributed by atoms with Crippen LogP contribution in [0.2, 0.25) is 0 Å². The molecule has 1 aromatic heterocycles. The highest BCUT2D eigenvalue weighted by Gasteiger charge is 2.41. The average Bonchev–Trinajstić information content (AvgIpc) is 3.40. The molecule has 7 heteroatoms. The second-order valence-corrected chi connectivity index (χ2v) is 9.74. The van der Waals surface area contributed by atoms with Gasteiger partial charge in [-0.25, -0.2) is 4.98 Å². The highest BCUT2D eigenvalue weighted by Crippen LogP contribution is 2.41. The van der Waals surface area contributed by atoms with Crippen LogP contribution in [0.5, 0.6) is 0 Å². The van der Waals surface area contributed by atoms with Crippen LogP contribution in [-0.4, -0.2) is 34.1 Å². The van der Waals surface area contributed by atoms with Crippen molar-refractivity contribution in [3.8, 4) is 0 Å². The minimum Gasteiger partial charge on any atom is -0.312 e. The molecule has 0 spiro atoms. The van der Waals surface area contributed by atoms with Crippen LogP contribution in [0.1, 0.15) is 52.4 Å². The lowest BCUT2D eigenvalue weighted by Crippen LogP contribution is -2.31. The summed E-state index contributed by atoms with van der Waals surface area (Å²) < 4.78 is 44.4. The van der Waals surface area contributed by atoms with Crippen LogP contribution in [0.15, 0.2) is 42.5 Å². The summed E-state index contributed by atoms with van der Waals surface area (Å²) in [6, 6.07) is 14.4. The second-order valence-electron chi connectivity index (χ2n) is 9.74. The zero-order valence-corrected chi connectivity index (χ0v) is 20.0. The summed E-state index contributed by atoms with van der Waals surface area (Å²) in [5.41, 5.74) is 5.07. The van der Waals surface area contributed by atoms with E-state index in [-0.39, 0.29) is 6.54 Å². The molecule has 0 radical (unpaired) electrons. The van der Waals surface area contributed by atoms with Crippen LogP contribution in [0, 0.1) is 20.8 Å². The highest BCUT2D eigenvalue weighted by molar-refractivity contribution is 5.68. The van der Waals surface area contributed by atoms with Crippen molar-refractivity contribution in [1.29, 1.82) is 0 Å². The molecular weight excluding hydrogens is 437 g/mol. The first-order valence-electron chi connectivity index (χ1n) is 12.0. The Morgan fingerprint density at radius 2 is 1.68 bits per heavy atom. The number of nitrogens with zero attached hydrogens (tertiary/aromatic N) is 4. The molecule has 5 rings (SSSR count). The summed E-state index contributed by atoms with van der Waals surface area (Å²) in [6.45, 7) is 9.14. The third-order valence-electron chi connectivity index (χ3n) is 7.15. The van der Waals surface area contributed by atoms with Crippen molar-refractivity contribution in [1.82, 2.24) is 14.5 Å². The SMILES string of the molecule is Cc1cc(C)c(N2CCCn3c2nc(C(F)(F)F)c3CN2CCC(c3ccccc3)C2)c(C)c1. The van der Waals surface area contributed by atoms with E-state index < -0.39 is 11.9 Å². The largest absolute Gasteiger partial charge is 0.435 e. The summed E-state index contributed by atoms with van der Waals surface area (Å²) >= 11 is 0. The lowest BCUT2D eigenvalue weighted by atomic mass is 9.99. The molecule has 2 aromatic carbocycles. The predicted molar refractivity (Wildman–Crippen MR) is 129 cm³/mol. The zero-order valence-electron chi connectivity index (χ0n) is 20.0. The lowest BCUT2D eigenvalue weighted by Gasteiger charge is -2.32. The van der Waals surface area contributed by atoms with Gasteiger partial charge >= 0.3 is 6.18 Å². The molecule has 3 heterocycles. The van der Waals surface area contributed by atoms with Gasteiger partial charge in [-0.15, -0.1) is 0 Å². The van der Waals surface area contributed by atoms with E-state index in [0.29, 0.717) is 30.6 Å². The molecule has 1 unspecified atom stereocenters. The van der Waals surface area contributed by atoms with Gasteiger partial charge in [0, 0.05) is 31.9 Å². The number of likely N-dealkylation sites (tertiary alicyclic amines) is 1. The van der Waals surface area contributed by atoms with Crippen molar-refractivity contribution in [2.45, 2.75) is 58.8 Å². The standard InChI is InChI=1S/C27H31F3N4/c1-18-14-19(2)24(20(3)15-18)34-12-7-11-33-23(25(27(28,29)30)31-26(33)34)17-32-13-10-22(16-32)21-8-5-4-6-9-21/h4-6,8-9,14-15,22H,7,10-13,16-17H2,1-3H3. The number of rotatable bonds is 4. The van der Waals surface area contributed by atoms with Crippen LogP contribution in [0.25, 0.3) is 0 Å². The first-order valence-corrected chi connectivity index (χ1v) is 12.0. The summed E-state index contributed by atoms with van der Waals surface area (Å²) in [5, 5.41) is 0. The van der Waals surface area contributed by atoms with Crippen molar-refractivity contribution in [3.63, 3.8) is 0 Å². The Hall–Kier alpha value is -2.80. The molecule has 3 aromatic rings. The van der Waals surface area contributed by atoms with Crippen molar-refractivity contribution in [3.05, 3.63) is 76.1 Å². The Morgan fingerprint density at radius 1 is 0.971 bits per heavy atom. The minimum absolute atomic E-state index is 0.269. The first kappa shape index (κ1) is 23.0. The fraction of sp³-hybridized carbons (Fsp3) is 0.444. The van der Waals surface area contributed by atoms with Crippen molar-refractivity contribution in [2.75, 3.05) is 24.5 Å². The number of alkyl halides is 3. The summed E-state index contributed by atoms with van der Waals surface area (Å²) in [7, 11) is 0. The van der Waals surface area contributed by atoms with Gasteiger partial charge < -0.3 is 9.47 Å². The molecule has 34 heavy (non-hydrogen) atoms. The van der Waals surface area contributed by atoms with Gasteiger partial charge in [-0.1, -0.05) is 48.0 Å². The molecule has 2 aliphatic rings. The Kier molecular flexibility index (Phi) is 5.92. The molecule has 2 aliphatic heterocycles. The van der Waals surface area contributed by atoms with Crippen LogP contribution in [0.3, 0.4) is 0 Å². The van der Waals surface area contributed by atoms with E-state index in [4.69, 9.17) is 0 Å². The molecule has 1 fully saturated rings. The van der Waals surface area contributed by atoms with Crippen LogP contribution in [0.4, 0.5) is 24.8 Å². The second kappa shape index (κ2) is 8.77. The summed E-state index contributed by atoms with van der Waals surface area (Å²) in [4.78, 5) is 8.38. The van der Waals surface area contributed by atoms with E-state index in [9.17, 15) is 13.2 Å². The van der Waals surface area contributed by atoms with Crippen molar-refractivity contribution < 1.29 is 13.2 Å². The molecule has 0 amide bonds. The fourth-order valence-corrected chi connectivity index (χ4v) is 5.78. The number of benzene rings is 2. The van der Waals surface area contributed by atoms with Gasteiger partial charge in [0.05, 0.1) is 5.69 Å². The van der Waals surface area contributed by atoms with Crippen LogP contribution >= 0.6 is 0 Å². The van der Waals surface area contributed by atoms with Crippen LogP contribution < -0.4 is 4.90 Å². The van der Waals surface area contributed by atoms with E-state index in [2.05, 4.69) is 34.1 Å². The first-order chi connectivity index (χ1) is 16.2. The van der Waals surface area contributed by atoms with Gasteiger partial charge in [-0.2, -0.15) is 13.2 Å². The Balaban J connectivity index is 1.50. The predicted octanol–water partition coefficient (Wildman–Crippen LogP) is 6.36. The van der Waals surface area contributed by atoms with Crippen molar-refractivity contribution >= 4 is 11.6 Å². The van der Waals surface area contributed by atoms with Crippen LogP contribution in [-0.2, 0) is 19.3 Å². The summed E-state index contributed by atoms with van der Waals surface area (Å²) in [5.74, 6) is 0.774. The Labute approximate surface area is 199 Å². The molecule has 1 saturated heterocycles. The molecule has 0 N–H and O–H groups in total. The normalized spacial score (nSPS) is 19.0. The molecule has 180 valence electrons. The molecule has 0 saturated carbocycles. The highest BCUT2D eigenvalue weighted by atomic mass is 19.4. The molecule has 0 bridgehead atoms. The third kappa shape index (κ3) is 4.22. The number of aryl methyl sites for hydroxylation is 3. The minimum atomic E-state index is -4.48. The van der Waals surface area contributed by atoms with Gasteiger partial charge in [0.25, 0.3) is 0 Å². The number of hydrogen-bond acceptors (Lipinski definition) is 3. The number of hydrogen-bond donors (Lipinski definition) is 0. The van der Waals surface area contributed by atoms with Gasteiger partial charge in [0.1, 0.15) is 0 Å². The maximum absolute atomic E-state index is 14.2. The van der Waals surface area contributed by atoms with E-state index in [1.165, 1.54) is 5.56 Å². The average molecular weight is 469 g/mol. The topological polar surface area (TPSA) is 24.3 Å². The van der Waals surface area contributed by atoms with E-state index in [0.717, 1.165) is 48.3 Å². The Morgan fingerprint density at radius 3 is 2.35 bits per heavy atom. The number of anilines is 2. The lowest BCUT2D eigenvalue weighted by molar-refractivity contribution is -0.141. The molecule has 0 aliphatic carbocycles. The van der Waals surface area contributed by atoms with Gasteiger partial charge in [-0.05, 0) is 62.8 Å². The molecule has 1 atom stereocenters. The van der Waals surface area contributed by atoms with Gasteiger partial charge in [-0.3, -0.25) is 4.90 Å². The van der Waals surface area contributed by atoms with Crippen molar-refractivity contribution in [2.24, 2.45) is 0 Å². The smallest absolute Gasteiger partial charge is 0.312 e. The molecule has 4 nitrogen and oxygen atoms in total. The maximum Gasteiger partial charge on any atom is 0.435 e.